The van der Waals surface area contributed by atoms with Crippen molar-refractivity contribution in [1.29, 1.82) is 0 Å². The minimum Gasteiger partial charge on any atom is -0.326 e. The van der Waals surface area contributed by atoms with Crippen molar-refractivity contribution in [3.05, 3.63) is 54.1 Å². The second-order valence-electron chi connectivity index (χ2n) is 6.16. The SMILES string of the molecule is CCC(=O)Nc1cccc(C(=O)Nc2ccc(NC(=O)C(C)C)cc2)c1. The van der Waals surface area contributed by atoms with Gasteiger partial charge in [-0.3, -0.25) is 14.4 Å². The van der Waals surface area contributed by atoms with Crippen molar-refractivity contribution < 1.29 is 14.4 Å². The molecule has 0 saturated carbocycles. The fourth-order valence-corrected chi connectivity index (χ4v) is 2.11. The highest BCUT2D eigenvalue weighted by molar-refractivity contribution is 6.05. The van der Waals surface area contributed by atoms with Crippen LogP contribution in [-0.2, 0) is 9.59 Å². The van der Waals surface area contributed by atoms with Gasteiger partial charge in [0.25, 0.3) is 5.91 Å². The van der Waals surface area contributed by atoms with E-state index in [4.69, 9.17) is 0 Å². The molecule has 3 amide bonds. The Morgan fingerprint density at radius 2 is 1.46 bits per heavy atom. The average molecular weight is 353 g/mol. The molecular weight excluding hydrogens is 330 g/mol. The summed E-state index contributed by atoms with van der Waals surface area (Å²) in [6.45, 7) is 5.40. The maximum atomic E-state index is 12.4. The van der Waals surface area contributed by atoms with Crippen LogP contribution >= 0.6 is 0 Å². The van der Waals surface area contributed by atoms with Crippen LogP contribution in [0.1, 0.15) is 37.6 Å². The summed E-state index contributed by atoms with van der Waals surface area (Å²) in [5.41, 5.74) is 2.30. The zero-order chi connectivity index (χ0) is 19.1. The topological polar surface area (TPSA) is 87.3 Å². The van der Waals surface area contributed by atoms with Gasteiger partial charge in [0.05, 0.1) is 0 Å². The Morgan fingerprint density at radius 3 is 2.04 bits per heavy atom. The molecule has 0 bridgehead atoms. The lowest BCUT2D eigenvalue weighted by atomic mass is 10.1. The highest BCUT2D eigenvalue weighted by atomic mass is 16.2. The monoisotopic (exact) mass is 353 g/mol. The van der Waals surface area contributed by atoms with E-state index < -0.39 is 0 Å². The predicted octanol–water partition coefficient (Wildman–Crippen LogP) is 3.88. The van der Waals surface area contributed by atoms with Crippen molar-refractivity contribution in [3.63, 3.8) is 0 Å². The molecule has 0 aromatic heterocycles. The Hall–Kier alpha value is -3.15. The summed E-state index contributed by atoms with van der Waals surface area (Å²) < 4.78 is 0. The van der Waals surface area contributed by atoms with E-state index in [1.807, 2.05) is 13.8 Å². The molecule has 2 aromatic carbocycles. The van der Waals surface area contributed by atoms with E-state index in [0.717, 1.165) is 0 Å². The number of amides is 3. The van der Waals surface area contributed by atoms with Gasteiger partial charge in [-0.25, -0.2) is 0 Å². The van der Waals surface area contributed by atoms with Crippen molar-refractivity contribution in [3.8, 4) is 0 Å². The van der Waals surface area contributed by atoms with Gasteiger partial charge in [-0.05, 0) is 42.5 Å². The first kappa shape index (κ1) is 19.2. The first-order valence-electron chi connectivity index (χ1n) is 8.51. The summed E-state index contributed by atoms with van der Waals surface area (Å²) in [7, 11) is 0. The molecule has 3 N–H and O–H groups in total. The molecule has 26 heavy (non-hydrogen) atoms. The number of rotatable bonds is 6. The smallest absolute Gasteiger partial charge is 0.255 e. The van der Waals surface area contributed by atoms with Gasteiger partial charge in [0.15, 0.2) is 0 Å². The number of carbonyl (C=O) groups excluding carboxylic acids is 3. The number of carbonyl (C=O) groups is 3. The Labute approximate surface area is 153 Å². The molecule has 2 aromatic rings. The number of hydrogen-bond donors (Lipinski definition) is 3. The van der Waals surface area contributed by atoms with E-state index in [9.17, 15) is 14.4 Å². The van der Waals surface area contributed by atoms with E-state index >= 15 is 0 Å². The number of hydrogen-bond acceptors (Lipinski definition) is 3. The normalized spacial score (nSPS) is 10.3. The summed E-state index contributed by atoms with van der Waals surface area (Å²) in [5.74, 6) is -0.555. The van der Waals surface area contributed by atoms with E-state index in [1.165, 1.54) is 0 Å². The van der Waals surface area contributed by atoms with Gasteiger partial charge in [0.1, 0.15) is 0 Å². The molecule has 0 atom stereocenters. The molecule has 0 unspecified atom stereocenters. The molecule has 6 heteroatoms. The van der Waals surface area contributed by atoms with Crippen LogP contribution < -0.4 is 16.0 Å². The lowest BCUT2D eigenvalue weighted by Crippen LogP contribution is -2.17. The van der Waals surface area contributed by atoms with Crippen molar-refractivity contribution >= 4 is 34.8 Å². The summed E-state index contributed by atoms with van der Waals surface area (Å²) in [4.78, 5) is 35.5. The summed E-state index contributed by atoms with van der Waals surface area (Å²) in [6, 6.07) is 13.6. The molecular formula is C20H23N3O3. The first-order chi connectivity index (χ1) is 12.4. The van der Waals surface area contributed by atoms with Crippen molar-refractivity contribution in [1.82, 2.24) is 0 Å². The third kappa shape index (κ3) is 5.44. The van der Waals surface area contributed by atoms with Crippen molar-refractivity contribution in [2.45, 2.75) is 27.2 Å². The maximum absolute atomic E-state index is 12.4. The zero-order valence-corrected chi connectivity index (χ0v) is 15.1. The van der Waals surface area contributed by atoms with Crippen LogP contribution in [0.4, 0.5) is 17.1 Å². The second-order valence-corrected chi connectivity index (χ2v) is 6.16. The molecule has 0 radical (unpaired) electrons. The molecule has 6 nitrogen and oxygen atoms in total. The van der Waals surface area contributed by atoms with Crippen LogP contribution in [0.15, 0.2) is 48.5 Å². The van der Waals surface area contributed by atoms with Crippen LogP contribution in [0, 0.1) is 5.92 Å². The molecule has 2 rings (SSSR count). The lowest BCUT2D eigenvalue weighted by molar-refractivity contribution is -0.119. The fraction of sp³-hybridized carbons (Fsp3) is 0.250. The van der Waals surface area contributed by atoms with Gasteiger partial charge in [-0.1, -0.05) is 26.8 Å². The summed E-state index contributed by atoms with van der Waals surface area (Å²) >= 11 is 0. The Bertz CT molecular complexity index is 798. The molecule has 0 fully saturated rings. The van der Waals surface area contributed by atoms with Crippen molar-refractivity contribution in [2.24, 2.45) is 5.92 Å². The number of benzene rings is 2. The third-order valence-corrected chi connectivity index (χ3v) is 3.66. The van der Waals surface area contributed by atoms with Crippen molar-refractivity contribution in [2.75, 3.05) is 16.0 Å². The highest BCUT2D eigenvalue weighted by Gasteiger charge is 2.09. The summed E-state index contributed by atoms with van der Waals surface area (Å²) in [5, 5.41) is 8.31. The summed E-state index contributed by atoms with van der Waals surface area (Å²) in [6.07, 6.45) is 0.371. The van der Waals surface area contributed by atoms with E-state index in [0.29, 0.717) is 29.0 Å². The van der Waals surface area contributed by atoms with Gasteiger partial charge in [-0.15, -0.1) is 0 Å². The second kappa shape index (κ2) is 8.80. The molecule has 0 saturated heterocycles. The van der Waals surface area contributed by atoms with Gasteiger partial charge < -0.3 is 16.0 Å². The highest BCUT2D eigenvalue weighted by Crippen LogP contribution is 2.17. The Balaban J connectivity index is 2.02. The minimum absolute atomic E-state index is 0.0623. The third-order valence-electron chi connectivity index (χ3n) is 3.66. The van der Waals surface area contributed by atoms with Gasteiger partial charge in [-0.2, -0.15) is 0 Å². The van der Waals surface area contributed by atoms with Gasteiger partial charge in [0, 0.05) is 35.0 Å². The largest absolute Gasteiger partial charge is 0.326 e. The van der Waals surface area contributed by atoms with Crippen LogP contribution in [0.5, 0.6) is 0 Å². The molecule has 0 spiro atoms. The first-order valence-corrected chi connectivity index (χ1v) is 8.51. The number of nitrogens with one attached hydrogen (secondary N) is 3. The van der Waals surface area contributed by atoms with Gasteiger partial charge in [0.2, 0.25) is 11.8 Å². The molecule has 0 aliphatic rings. The van der Waals surface area contributed by atoms with Crippen LogP contribution in [0.2, 0.25) is 0 Å². The quantitative estimate of drug-likeness (QED) is 0.736. The average Bonchev–Trinajstić information content (AvgIpc) is 2.63. The Kier molecular flexibility index (Phi) is 6.49. The predicted molar refractivity (Wildman–Crippen MR) is 103 cm³/mol. The maximum Gasteiger partial charge on any atom is 0.255 e. The number of anilines is 3. The van der Waals surface area contributed by atoms with Gasteiger partial charge >= 0.3 is 0 Å². The molecule has 0 heterocycles. The van der Waals surface area contributed by atoms with E-state index in [-0.39, 0.29) is 23.6 Å². The van der Waals surface area contributed by atoms with Crippen LogP contribution in [0.25, 0.3) is 0 Å². The van der Waals surface area contributed by atoms with Crippen LogP contribution in [0.3, 0.4) is 0 Å². The minimum atomic E-state index is -0.281. The Morgan fingerprint density at radius 1 is 0.846 bits per heavy atom. The standard InChI is InChI=1S/C20H23N3O3/c1-4-18(24)21-17-7-5-6-14(12-17)20(26)23-16-10-8-15(9-11-16)22-19(25)13(2)3/h5-13H,4H2,1-3H3,(H,21,24)(H,22,25)(H,23,26). The molecule has 0 aliphatic heterocycles. The zero-order valence-electron chi connectivity index (χ0n) is 15.1. The van der Waals surface area contributed by atoms with Crippen LogP contribution in [-0.4, -0.2) is 17.7 Å². The fourth-order valence-electron chi connectivity index (χ4n) is 2.11. The lowest BCUT2D eigenvalue weighted by Gasteiger charge is -2.10. The molecule has 0 aliphatic carbocycles. The molecule has 136 valence electrons. The van der Waals surface area contributed by atoms with E-state index in [1.54, 1.807) is 55.5 Å². The van der Waals surface area contributed by atoms with E-state index in [2.05, 4.69) is 16.0 Å².